The summed E-state index contributed by atoms with van der Waals surface area (Å²) in [6.07, 6.45) is 1.04. The summed E-state index contributed by atoms with van der Waals surface area (Å²) in [4.78, 5) is 33.7. The van der Waals surface area contributed by atoms with Crippen LogP contribution in [0.1, 0.15) is 24.3 Å². The molecule has 0 bridgehead atoms. The average Bonchev–Trinajstić information content (AvgIpc) is 2.69. The van der Waals surface area contributed by atoms with Crippen molar-refractivity contribution >= 4 is 23.2 Å². The number of hydrogen-bond acceptors (Lipinski definition) is 5. The van der Waals surface area contributed by atoms with Gasteiger partial charge in [-0.2, -0.15) is 4.39 Å². The van der Waals surface area contributed by atoms with Gasteiger partial charge in [0, 0.05) is 24.9 Å². The summed E-state index contributed by atoms with van der Waals surface area (Å²) < 4.78 is 13.3. The molecule has 3 N–H and O–H groups in total. The Hall–Kier alpha value is -3.33. The number of amides is 2. The Kier molecular flexibility index (Phi) is 7.58. The van der Waals surface area contributed by atoms with Gasteiger partial charge in [0.2, 0.25) is 5.82 Å². The second-order valence-corrected chi connectivity index (χ2v) is 6.04. The largest absolute Gasteiger partial charge is 0.396 e. The normalized spacial score (nSPS) is 11.5. The van der Waals surface area contributed by atoms with E-state index in [4.69, 9.17) is 0 Å². The lowest BCUT2D eigenvalue weighted by Gasteiger charge is -2.16. The van der Waals surface area contributed by atoms with Crippen molar-refractivity contribution in [3.05, 3.63) is 70.0 Å². The number of aliphatic hydroxyl groups excluding tert-OH is 1. The van der Waals surface area contributed by atoms with Gasteiger partial charge in [0.1, 0.15) is 0 Å². The predicted octanol–water partition coefficient (Wildman–Crippen LogP) is 2.34. The number of nitrogens with one attached hydrogen (secondary N) is 2. The van der Waals surface area contributed by atoms with Crippen molar-refractivity contribution in [2.75, 3.05) is 18.5 Å². The van der Waals surface area contributed by atoms with Crippen LogP contribution in [-0.4, -0.2) is 35.0 Å². The van der Waals surface area contributed by atoms with Gasteiger partial charge in [-0.25, -0.2) is 0 Å². The number of rotatable bonds is 8. The maximum Gasteiger partial charge on any atom is 0.313 e. The van der Waals surface area contributed by atoms with E-state index in [1.54, 1.807) is 0 Å². The molecule has 0 fully saturated rings. The van der Waals surface area contributed by atoms with Crippen molar-refractivity contribution in [3.63, 3.8) is 0 Å². The van der Waals surface area contributed by atoms with Crippen LogP contribution < -0.4 is 10.6 Å². The van der Waals surface area contributed by atoms with Crippen LogP contribution in [0.4, 0.5) is 15.8 Å². The van der Waals surface area contributed by atoms with E-state index < -0.39 is 28.2 Å². The molecule has 2 rings (SSSR count). The van der Waals surface area contributed by atoms with Gasteiger partial charge < -0.3 is 15.7 Å². The number of nitrogens with zero attached hydrogens (tertiary/aromatic N) is 1. The Labute approximate surface area is 160 Å². The average molecular weight is 389 g/mol. The number of halogens is 1. The third kappa shape index (κ3) is 5.85. The lowest BCUT2D eigenvalue weighted by atomic mass is 9.93. The van der Waals surface area contributed by atoms with Crippen molar-refractivity contribution in [1.82, 2.24) is 5.32 Å². The van der Waals surface area contributed by atoms with E-state index in [-0.39, 0.29) is 24.8 Å². The van der Waals surface area contributed by atoms with Crippen LogP contribution in [-0.2, 0) is 9.59 Å². The van der Waals surface area contributed by atoms with Crippen LogP contribution >= 0.6 is 0 Å². The molecule has 1 unspecified atom stereocenters. The van der Waals surface area contributed by atoms with Gasteiger partial charge in [-0.05, 0) is 36.5 Å². The lowest BCUT2D eigenvalue weighted by molar-refractivity contribution is -0.387. The number of nitro groups is 1. The first-order valence-electron chi connectivity index (χ1n) is 8.61. The van der Waals surface area contributed by atoms with Crippen molar-refractivity contribution in [1.29, 1.82) is 0 Å². The zero-order chi connectivity index (χ0) is 20.5. The predicted molar refractivity (Wildman–Crippen MR) is 100 cm³/mol. The first-order valence-corrected chi connectivity index (χ1v) is 8.61. The molecule has 0 aliphatic carbocycles. The summed E-state index contributed by atoms with van der Waals surface area (Å²) >= 11 is 0. The fourth-order valence-corrected chi connectivity index (χ4v) is 2.72. The molecule has 0 saturated carbocycles. The van der Waals surface area contributed by atoms with Gasteiger partial charge in [0.15, 0.2) is 0 Å². The van der Waals surface area contributed by atoms with Crippen LogP contribution in [0.3, 0.4) is 0 Å². The Morgan fingerprint density at radius 2 is 1.82 bits per heavy atom. The van der Waals surface area contributed by atoms with Gasteiger partial charge >= 0.3 is 17.5 Å². The smallest absolute Gasteiger partial charge is 0.313 e. The van der Waals surface area contributed by atoms with E-state index in [9.17, 15) is 29.2 Å². The van der Waals surface area contributed by atoms with Crippen LogP contribution in [0.25, 0.3) is 0 Å². The van der Waals surface area contributed by atoms with E-state index >= 15 is 0 Å². The number of carbonyl (C=O) groups is 2. The summed E-state index contributed by atoms with van der Waals surface area (Å²) in [5, 5.41) is 24.6. The van der Waals surface area contributed by atoms with Crippen LogP contribution in [0.2, 0.25) is 0 Å². The molecule has 0 aliphatic rings. The van der Waals surface area contributed by atoms with Gasteiger partial charge in [0.25, 0.3) is 0 Å². The van der Waals surface area contributed by atoms with E-state index in [1.807, 2.05) is 30.3 Å². The van der Waals surface area contributed by atoms with E-state index in [0.717, 1.165) is 23.8 Å². The fourth-order valence-electron chi connectivity index (χ4n) is 2.72. The van der Waals surface area contributed by atoms with Gasteiger partial charge in [-0.15, -0.1) is 0 Å². The first kappa shape index (κ1) is 21.0. The molecule has 8 nitrogen and oxygen atoms in total. The molecule has 0 saturated heterocycles. The number of aliphatic hydroxyl groups is 1. The Balaban J connectivity index is 1.89. The van der Waals surface area contributed by atoms with Crippen LogP contribution in [0, 0.1) is 15.9 Å². The fraction of sp³-hybridized carbons (Fsp3) is 0.263. The molecule has 9 heteroatoms. The Bertz CT molecular complexity index is 845. The number of anilines is 1. The SMILES string of the molecule is O=C(NCCC(CCO)c1ccccc1)C(=O)Nc1ccc(F)c([N+](=O)[O-])c1. The minimum atomic E-state index is -1.04. The molecule has 2 aromatic rings. The van der Waals surface area contributed by atoms with Crippen LogP contribution in [0.15, 0.2) is 48.5 Å². The second-order valence-electron chi connectivity index (χ2n) is 6.04. The molecule has 0 aromatic heterocycles. The maximum absolute atomic E-state index is 13.3. The molecule has 1 atom stereocenters. The summed E-state index contributed by atoms with van der Waals surface area (Å²) in [6, 6.07) is 12.3. The topological polar surface area (TPSA) is 122 Å². The summed E-state index contributed by atoms with van der Waals surface area (Å²) in [6.45, 7) is 0.201. The maximum atomic E-state index is 13.3. The summed E-state index contributed by atoms with van der Waals surface area (Å²) in [5.74, 6) is -2.94. The van der Waals surface area contributed by atoms with Gasteiger partial charge in [0.05, 0.1) is 4.92 Å². The Morgan fingerprint density at radius 3 is 2.46 bits per heavy atom. The monoisotopic (exact) mass is 389 g/mol. The quantitative estimate of drug-likeness (QED) is 0.363. The number of hydrogen-bond donors (Lipinski definition) is 3. The molecule has 0 heterocycles. The van der Waals surface area contributed by atoms with Crippen molar-refractivity contribution in [3.8, 4) is 0 Å². The van der Waals surface area contributed by atoms with Crippen LogP contribution in [0.5, 0.6) is 0 Å². The molecule has 28 heavy (non-hydrogen) atoms. The van der Waals surface area contributed by atoms with Gasteiger partial charge in [-0.3, -0.25) is 19.7 Å². The molecular formula is C19H20FN3O5. The zero-order valence-corrected chi connectivity index (χ0v) is 14.9. The van der Waals surface area contributed by atoms with E-state index in [0.29, 0.717) is 12.8 Å². The second kappa shape index (κ2) is 10.1. The molecule has 0 radical (unpaired) electrons. The molecule has 0 spiro atoms. The van der Waals surface area contributed by atoms with E-state index in [1.165, 1.54) is 0 Å². The highest BCUT2D eigenvalue weighted by molar-refractivity contribution is 6.39. The van der Waals surface area contributed by atoms with Gasteiger partial charge in [-0.1, -0.05) is 30.3 Å². The minimum absolute atomic E-state index is 0.00264. The third-order valence-corrected chi connectivity index (χ3v) is 4.13. The highest BCUT2D eigenvalue weighted by atomic mass is 19.1. The zero-order valence-electron chi connectivity index (χ0n) is 14.9. The highest BCUT2D eigenvalue weighted by Crippen LogP contribution is 2.23. The number of benzene rings is 2. The number of carbonyl (C=O) groups excluding carboxylic acids is 2. The lowest BCUT2D eigenvalue weighted by Crippen LogP contribution is -2.36. The number of nitro benzene ring substituents is 1. The third-order valence-electron chi connectivity index (χ3n) is 4.13. The van der Waals surface area contributed by atoms with Crippen molar-refractivity contribution in [2.24, 2.45) is 0 Å². The standard InChI is InChI=1S/C19H20FN3O5/c20-16-7-6-15(12-17(16)23(27)28)22-19(26)18(25)21-10-8-14(9-11-24)13-4-2-1-3-5-13/h1-7,12,14,24H,8-11H2,(H,21,25)(H,22,26). The van der Waals surface area contributed by atoms with E-state index in [2.05, 4.69) is 10.6 Å². The Morgan fingerprint density at radius 1 is 1.11 bits per heavy atom. The first-order chi connectivity index (χ1) is 13.4. The minimum Gasteiger partial charge on any atom is -0.396 e. The summed E-state index contributed by atoms with van der Waals surface area (Å²) in [5.41, 5.74) is 0.164. The molecule has 148 valence electrons. The molecule has 0 aliphatic heterocycles. The van der Waals surface area contributed by atoms with Crippen molar-refractivity contribution in [2.45, 2.75) is 18.8 Å². The summed E-state index contributed by atoms with van der Waals surface area (Å²) in [7, 11) is 0. The molecule has 2 aromatic carbocycles. The molecule has 2 amide bonds. The van der Waals surface area contributed by atoms with Crippen molar-refractivity contribution < 1.29 is 24.0 Å². The highest BCUT2D eigenvalue weighted by Gasteiger charge is 2.19. The molecular weight excluding hydrogens is 369 g/mol.